The van der Waals surface area contributed by atoms with Crippen molar-refractivity contribution in [1.29, 1.82) is 0 Å². The summed E-state index contributed by atoms with van der Waals surface area (Å²) in [6, 6.07) is 13.7. The van der Waals surface area contributed by atoms with Crippen molar-refractivity contribution in [1.82, 2.24) is 0 Å². The van der Waals surface area contributed by atoms with Crippen molar-refractivity contribution >= 4 is 17.3 Å². The van der Waals surface area contributed by atoms with E-state index in [-0.39, 0.29) is 0 Å². The lowest BCUT2D eigenvalue weighted by Crippen LogP contribution is -2.12. The van der Waals surface area contributed by atoms with Crippen LogP contribution in [0.5, 0.6) is 0 Å². The van der Waals surface area contributed by atoms with Gasteiger partial charge in [-0.2, -0.15) is 0 Å². The molecule has 2 aromatic rings. The third-order valence-corrected chi connectivity index (χ3v) is 3.54. The average Bonchev–Trinajstić information content (AvgIpc) is 2.40. The number of hydrogen-bond donors (Lipinski definition) is 2. The van der Waals surface area contributed by atoms with Crippen LogP contribution >= 0.6 is 11.6 Å². The van der Waals surface area contributed by atoms with Gasteiger partial charge in [-0.25, -0.2) is 0 Å². The summed E-state index contributed by atoms with van der Waals surface area (Å²) in [6.07, 6.45) is -0.527. The molecule has 0 fully saturated rings. The number of aliphatic hydroxyl groups is 1. The molecule has 0 aliphatic carbocycles. The van der Waals surface area contributed by atoms with Crippen LogP contribution in [0.4, 0.5) is 5.69 Å². The Balaban J connectivity index is 1.98. The van der Waals surface area contributed by atoms with Crippen molar-refractivity contribution in [3.8, 4) is 0 Å². The van der Waals surface area contributed by atoms with Crippen LogP contribution in [0, 0.1) is 13.8 Å². The SMILES string of the molecule is Cc1ccc(C(O)CNc2ccc(C)c(Cl)c2)cc1. The van der Waals surface area contributed by atoms with E-state index >= 15 is 0 Å². The summed E-state index contributed by atoms with van der Waals surface area (Å²) in [7, 11) is 0. The molecule has 0 radical (unpaired) electrons. The Morgan fingerprint density at radius 2 is 1.79 bits per heavy atom. The van der Waals surface area contributed by atoms with Gasteiger partial charge in [-0.3, -0.25) is 0 Å². The van der Waals surface area contributed by atoms with E-state index in [1.165, 1.54) is 5.56 Å². The largest absolute Gasteiger partial charge is 0.387 e. The maximum Gasteiger partial charge on any atom is 0.0962 e. The molecule has 1 unspecified atom stereocenters. The van der Waals surface area contributed by atoms with Crippen molar-refractivity contribution in [2.24, 2.45) is 0 Å². The van der Waals surface area contributed by atoms with Gasteiger partial charge in [0.15, 0.2) is 0 Å². The van der Waals surface area contributed by atoms with E-state index in [9.17, 15) is 5.11 Å². The van der Waals surface area contributed by atoms with Crippen molar-refractivity contribution in [2.45, 2.75) is 20.0 Å². The van der Waals surface area contributed by atoms with E-state index in [4.69, 9.17) is 11.6 Å². The molecular formula is C16H18ClNO. The molecule has 2 rings (SSSR count). The Hall–Kier alpha value is -1.51. The van der Waals surface area contributed by atoms with E-state index in [2.05, 4.69) is 5.32 Å². The third kappa shape index (κ3) is 3.72. The fourth-order valence-corrected chi connectivity index (χ4v) is 2.00. The summed E-state index contributed by atoms with van der Waals surface area (Å²) in [5.74, 6) is 0. The fourth-order valence-electron chi connectivity index (χ4n) is 1.82. The number of aliphatic hydroxyl groups excluding tert-OH is 1. The molecule has 0 heterocycles. The van der Waals surface area contributed by atoms with E-state index in [0.29, 0.717) is 6.54 Å². The number of benzene rings is 2. The van der Waals surface area contributed by atoms with Crippen LogP contribution in [0.2, 0.25) is 5.02 Å². The van der Waals surface area contributed by atoms with Gasteiger partial charge in [0.2, 0.25) is 0 Å². The Kier molecular flexibility index (Phi) is 4.46. The van der Waals surface area contributed by atoms with Gasteiger partial charge in [-0.15, -0.1) is 0 Å². The fraction of sp³-hybridized carbons (Fsp3) is 0.250. The van der Waals surface area contributed by atoms with Crippen LogP contribution in [-0.4, -0.2) is 11.7 Å². The van der Waals surface area contributed by atoms with Crippen LogP contribution in [0.25, 0.3) is 0 Å². The predicted molar refractivity (Wildman–Crippen MR) is 80.8 cm³/mol. The Bertz CT molecular complexity index is 551. The van der Waals surface area contributed by atoms with Gasteiger partial charge in [0.25, 0.3) is 0 Å². The monoisotopic (exact) mass is 275 g/mol. The van der Waals surface area contributed by atoms with E-state index in [1.807, 2.05) is 56.3 Å². The van der Waals surface area contributed by atoms with E-state index < -0.39 is 6.10 Å². The third-order valence-electron chi connectivity index (χ3n) is 3.13. The molecule has 0 aromatic heterocycles. The van der Waals surface area contributed by atoms with Gasteiger partial charge in [-0.1, -0.05) is 47.5 Å². The smallest absolute Gasteiger partial charge is 0.0962 e. The number of halogens is 1. The zero-order valence-corrected chi connectivity index (χ0v) is 11.9. The van der Waals surface area contributed by atoms with Crippen molar-refractivity contribution in [2.75, 3.05) is 11.9 Å². The van der Waals surface area contributed by atoms with Gasteiger partial charge in [0.1, 0.15) is 0 Å². The lowest BCUT2D eigenvalue weighted by atomic mass is 10.1. The molecule has 2 N–H and O–H groups in total. The molecule has 0 amide bonds. The van der Waals surface area contributed by atoms with Crippen LogP contribution < -0.4 is 5.32 Å². The van der Waals surface area contributed by atoms with Gasteiger partial charge in [0, 0.05) is 17.3 Å². The summed E-state index contributed by atoms with van der Waals surface area (Å²) in [5, 5.41) is 14.0. The molecule has 0 aliphatic rings. The number of nitrogens with one attached hydrogen (secondary N) is 1. The molecule has 19 heavy (non-hydrogen) atoms. The van der Waals surface area contributed by atoms with Crippen molar-refractivity contribution < 1.29 is 5.11 Å². The molecule has 2 aromatic carbocycles. The van der Waals surface area contributed by atoms with Gasteiger partial charge < -0.3 is 10.4 Å². The van der Waals surface area contributed by atoms with Crippen LogP contribution in [0.1, 0.15) is 22.8 Å². The topological polar surface area (TPSA) is 32.3 Å². The highest BCUT2D eigenvalue weighted by atomic mass is 35.5. The van der Waals surface area contributed by atoms with E-state index in [0.717, 1.165) is 21.8 Å². The van der Waals surface area contributed by atoms with Crippen LogP contribution in [0.15, 0.2) is 42.5 Å². The lowest BCUT2D eigenvalue weighted by molar-refractivity contribution is 0.191. The zero-order valence-electron chi connectivity index (χ0n) is 11.2. The highest BCUT2D eigenvalue weighted by molar-refractivity contribution is 6.31. The summed E-state index contributed by atoms with van der Waals surface area (Å²) in [6.45, 7) is 4.46. The van der Waals surface area contributed by atoms with E-state index in [1.54, 1.807) is 0 Å². The minimum Gasteiger partial charge on any atom is -0.387 e. The summed E-state index contributed by atoms with van der Waals surface area (Å²) < 4.78 is 0. The Labute approximate surface area is 119 Å². The first-order valence-electron chi connectivity index (χ1n) is 6.31. The first-order chi connectivity index (χ1) is 9.06. The normalized spacial score (nSPS) is 12.2. The summed E-state index contributed by atoms with van der Waals surface area (Å²) >= 11 is 6.06. The molecule has 0 saturated carbocycles. The second kappa shape index (κ2) is 6.09. The molecule has 100 valence electrons. The second-order valence-corrected chi connectivity index (χ2v) is 5.18. The number of rotatable bonds is 4. The second-order valence-electron chi connectivity index (χ2n) is 4.77. The van der Waals surface area contributed by atoms with Crippen molar-refractivity contribution in [3.63, 3.8) is 0 Å². The van der Waals surface area contributed by atoms with Crippen LogP contribution in [-0.2, 0) is 0 Å². The molecule has 0 aliphatic heterocycles. The minimum atomic E-state index is -0.527. The molecule has 0 spiro atoms. The van der Waals surface area contributed by atoms with Crippen molar-refractivity contribution in [3.05, 3.63) is 64.2 Å². The van der Waals surface area contributed by atoms with Crippen LogP contribution in [0.3, 0.4) is 0 Å². The highest BCUT2D eigenvalue weighted by Gasteiger charge is 2.07. The maximum atomic E-state index is 10.1. The molecule has 3 heteroatoms. The maximum absolute atomic E-state index is 10.1. The standard InChI is InChI=1S/C16H18ClNO/c1-11-3-6-13(7-4-11)16(19)10-18-14-8-5-12(2)15(17)9-14/h3-9,16,18-19H,10H2,1-2H3. The highest BCUT2D eigenvalue weighted by Crippen LogP contribution is 2.21. The number of aryl methyl sites for hydroxylation is 2. The first kappa shape index (κ1) is 13.9. The summed E-state index contributed by atoms with van der Waals surface area (Å²) in [4.78, 5) is 0. The van der Waals surface area contributed by atoms with Gasteiger partial charge >= 0.3 is 0 Å². The number of hydrogen-bond acceptors (Lipinski definition) is 2. The molecule has 2 nitrogen and oxygen atoms in total. The molecule has 0 saturated heterocycles. The van der Waals surface area contributed by atoms with Gasteiger partial charge in [0.05, 0.1) is 6.10 Å². The Morgan fingerprint density at radius 3 is 2.42 bits per heavy atom. The van der Waals surface area contributed by atoms with Gasteiger partial charge in [-0.05, 0) is 37.1 Å². The zero-order chi connectivity index (χ0) is 13.8. The number of anilines is 1. The molecule has 1 atom stereocenters. The molecule has 0 bridgehead atoms. The lowest BCUT2D eigenvalue weighted by Gasteiger charge is -2.14. The first-order valence-corrected chi connectivity index (χ1v) is 6.69. The quantitative estimate of drug-likeness (QED) is 0.880. The Morgan fingerprint density at radius 1 is 1.11 bits per heavy atom. The minimum absolute atomic E-state index is 0.461. The molecular weight excluding hydrogens is 258 g/mol. The predicted octanol–water partition coefficient (Wildman–Crippen LogP) is 4.10. The summed E-state index contributed by atoms with van der Waals surface area (Å²) in [5.41, 5.74) is 4.07. The average molecular weight is 276 g/mol.